The molecule has 0 aliphatic rings. The van der Waals surface area contributed by atoms with Crippen molar-refractivity contribution in [1.82, 2.24) is 10.0 Å². The zero-order valence-corrected chi connectivity index (χ0v) is 17.9. The van der Waals surface area contributed by atoms with Crippen molar-refractivity contribution in [1.29, 1.82) is 0 Å². The molecule has 0 heterocycles. The Morgan fingerprint density at radius 3 is 2.50 bits per heavy atom. The first-order chi connectivity index (χ1) is 13.0. The molecule has 0 aliphatic carbocycles. The number of aryl methyl sites for hydroxylation is 1. The van der Waals surface area contributed by atoms with E-state index in [-0.39, 0.29) is 24.0 Å². The van der Waals surface area contributed by atoms with E-state index in [2.05, 4.69) is 10.0 Å². The van der Waals surface area contributed by atoms with Gasteiger partial charge in [-0.1, -0.05) is 23.7 Å². The van der Waals surface area contributed by atoms with Gasteiger partial charge in [0.15, 0.2) is 0 Å². The van der Waals surface area contributed by atoms with Crippen LogP contribution in [0.3, 0.4) is 0 Å². The number of rotatable bonds is 7. The van der Waals surface area contributed by atoms with Crippen molar-refractivity contribution in [2.75, 3.05) is 13.2 Å². The number of benzene rings is 2. The fourth-order valence-electron chi connectivity index (χ4n) is 2.46. The number of hydrogen-bond acceptors (Lipinski definition) is 4. The predicted octanol–water partition coefficient (Wildman–Crippen LogP) is 3.53. The van der Waals surface area contributed by atoms with Gasteiger partial charge in [0.1, 0.15) is 12.4 Å². The second kappa shape index (κ2) is 8.94. The number of hydrogen-bond donors (Lipinski definition) is 2. The predicted molar refractivity (Wildman–Crippen MR) is 111 cm³/mol. The maximum Gasteiger partial charge on any atom is 0.251 e. The molecule has 0 bridgehead atoms. The molecule has 0 saturated heterocycles. The highest BCUT2D eigenvalue weighted by Crippen LogP contribution is 2.18. The Kier molecular flexibility index (Phi) is 7.09. The van der Waals surface area contributed by atoms with Crippen LogP contribution in [0, 0.1) is 6.92 Å². The second-order valence-corrected chi connectivity index (χ2v) is 9.51. The van der Waals surface area contributed by atoms with E-state index in [4.69, 9.17) is 16.3 Å². The van der Waals surface area contributed by atoms with Crippen LogP contribution >= 0.6 is 11.6 Å². The maximum atomic E-state index is 12.5. The number of ether oxygens (including phenoxy) is 1. The quantitative estimate of drug-likeness (QED) is 0.666. The van der Waals surface area contributed by atoms with E-state index < -0.39 is 15.6 Å². The number of nitrogens with one attached hydrogen (secondary N) is 2. The number of halogens is 1. The average Bonchev–Trinajstić information content (AvgIpc) is 2.56. The summed E-state index contributed by atoms with van der Waals surface area (Å²) in [6.07, 6.45) is 0. The summed E-state index contributed by atoms with van der Waals surface area (Å²) in [4.78, 5) is 12.5. The first-order valence-electron chi connectivity index (χ1n) is 8.79. The van der Waals surface area contributed by atoms with E-state index in [0.29, 0.717) is 21.9 Å². The van der Waals surface area contributed by atoms with Crippen LogP contribution in [0.25, 0.3) is 0 Å². The minimum absolute atomic E-state index is 0.0494. The monoisotopic (exact) mass is 424 g/mol. The summed E-state index contributed by atoms with van der Waals surface area (Å²) in [5.41, 5.74) is 0.367. The van der Waals surface area contributed by atoms with Crippen LogP contribution in [0.4, 0.5) is 0 Å². The van der Waals surface area contributed by atoms with Gasteiger partial charge in [-0.2, -0.15) is 0 Å². The molecule has 0 atom stereocenters. The Morgan fingerprint density at radius 2 is 1.86 bits per heavy atom. The highest BCUT2D eigenvalue weighted by Gasteiger charge is 2.23. The molecule has 2 aromatic carbocycles. The molecule has 0 aromatic heterocycles. The first-order valence-corrected chi connectivity index (χ1v) is 10.7. The standard InChI is InChI=1S/C20H25ClN2O4S/c1-14-8-9-17(28(25,26)23-20(2,3)4)13-18(14)19(24)22-10-11-27-16-7-5-6-15(21)12-16/h5-9,12-13,23H,10-11H2,1-4H3,(H,22,24). The third-order valence-corrected chi connectivity index (χ3v) is 5.65. The molecule has 8 heteroatoms. The molecule has 1 amide bonds. The molecule has 2 N–H and O–H groups in total. The topological polar surface area (TPSA) is 84.5 Å². The van der Waals surface area contributed by atoms with Crippen molar-refractivity contribution >= 4 is 27.5 Å². The van der Waals surface area contributed by atoms with E-state index >= 15 is 0 Å². The highest BCUT2D eigenvalue weighted by molar-refractivity contribution is 7.89. The molecular weight excluding hydrogens is 400 g/mol. The summed E-state index contributed by atoms with van der Waals surface area (Å²) < 4.78 is 33.1. The van der Waals surface area contributed by atoms with Crippen LogP contribution in [-0.2, 0) is 10.0 Å². The van der Waals surface area contributed by atoms with Crippen LogP contribution in [-0.4, -0.2) is 33.0 Å². The van der Waals surface area contributed by atoms with E-state index in [1.807, 2.05) is 0 Å². The fourth-order valence-corrected chi connectivity index (χ4v) is 4.08. The minimum atomic E-state index is -3.72. The molecular formula is C20H25ClN2O4S. The molecule has 0 spiro atoms. The van der Waals surface area contributed by atoms with Crippen LogP contribution in [0.1, 0.15) is 36.7 Å². The molecule has 2 aromatic rings. The van der Waals surface area contributed by atoms with Gasteiger partial charge in [-0.3, -0.25) is 4.79 Å². The van der Waals surface area contributed by atoms with Gasteiger partial charge in [0.2, 0.25) is 10.0 Å². The average molecular weight is 425 g/mol. The van der Waals surface area contributed by atoms with Gasteiger partial charge >= 0.3 is 0 Å². The zero-order chi connectivity index (χ0) is 20.9. The number of carbonyl (C=O) groups excluding carboxylic acids is 1. The summed E-state index contributed by atoms with van der Waals surface area (Å²) in [6.45, 7) is 7.55. The van der Waals surface area contributed by atoms with Gasteiger partial charge in [-0.25, -0.2) is 13.1 Å². The van der Waals surface area contributed by atoms with Gasteiger partial charge in [0.05, 0.1) is 11.4 Å². The second-order valence-electron chi connectivity index (χ2n) is 7.39. The van der Waals surface area contributed by atoms with Gasteiger partial charge in [0, 0.05) is 16.1 Å². The summed E-state index contributed by atoms with van der Waals surface area (Å²) >= 11 is 5.89. The van der Waals surface area contributed by atoms with E-state index in [0.717, 1.165) is 0 Å². The lowest BCUT2D eigenvalue weighted by Crippen LogP contribution is -2.40. The third-order valence-electron chi connectivity index (χ3n) is 3.66. The summed E-state index contributed by atoms with van der Waals surface area (Å²) in [7, 11) is -3.72. The molecule has 28 heavy (non-hydrogen) atoms. The maximum absolute atomic E-state index is 12.5. The molecule has 0 unspecified atom stereocenters. The van der Waals surface area contributed by atoms with Crippen LogP contribution in [0.15, 0.2) is 47.4 Å². The Hall–Kier alpha value is -2.09. The largest absolute Gasteiger partial charge is 0.492 e. The summed E-state index contributed by atoms with van der Waals surface area (Å²) in [6, 6.07) is 11.5. The van der Waals surface area contributed by atoms with Gasteiger partial charge < -0.3 is 10.1 Å². The Balaban J connectivity index is 2.02. The van der Waals surface area contributed by atoms with Crippen LogP contribution in [0.5, 0.6) is 5.75 Å². The van der Waals surface area contributed by atoms with Gasteiger partial charge in [0.25, 0.3) is 5.91 Å². The Morgan fingerprint density at radius 1 is 1.14 bits per heavy atom. The number of amides is 1. The lowest BCUT2D eigenvalue weighted by Gasteiger charge is -2.20. The van der Waals surface area contributed by atoms with Crippen molar-refractivity contribution in [3.8, 4) is 5.75 Å². The molecule has 0 radical (unpaired) electrons. The van der Waals surface area contributed by atoms with Crippen LogP contribution in [0.2, 0.25) is 5.02 Å². The van der Waals surface area contributed by atoms with E-state index in [1.54, 1.807) is 58.0 Å². The Labute approximate surface area is 171 Å². The SMILES string of the molecule is Cc1ccc(S(=O)(=O)NC(C)(C)C)cc1C(=O)NCCOc1cccc(Cl)c1. The highest BCUT2D eigenvalue weighted by atomic mass is 35.5. The number of carbonyl (C=O) groups is 1. The van der Waals surface area contributed by atoms with Crippen molar-refractivity contribution in [2.24, 2.45) is 0 Å². The minimum Gasteiger partial charge on any atom is -0.492 e. The van der Waals surface area contributed by atoms with E-state index in [1.165, 1.54) is 12.1 Å². The van der Waals surface area contributed by atoms with Gasteiger partial charge in [-0.05, 0) is 63.6 Å². The smallest absolute Gasteiger partial charge is 0.251 e. The van der Waals surface area contributed by atoms with Gasteiger partial charge in [-0.15, -0.1) is 0 Å². The van der Waals surface area contributed by atoms with Crippen molar-refractivity contribution < 1.29 is 17.9 Å². The first kappa shape index (κ1) is 22.2. The van der Waals surface area contributed by atoms with Crippen LogP contribution < -0.4 is 14.8 Å². The van der Waals surface area contributed by atoms with Crippen molar-refractivity contribution in [3.63, 3.8) is 0 Å². The van der Waals surface area contributed by atoms with Crippen molar-refractivity contribution in [2.45, 2.75) is 38.1 Å². The molecule has 152 valence electrons. The van der Waals surface area contributed by atoms with E-state index in [9.17, 15) is 13.2 Å². The summed E-state index contributed by atoms with van der Waals surface area (Å²) in [5, 5.41) is 3.31. The fraction of sp³-hybridized carbons (Fsp3) is 0.350. The zero-order valence-electron chi connectivity index (χ0n) is 16.4. The summed E-state index contributed by atoms with van der Waals surface area (Å²) in [5.74, 6) is 0.249. The lowest BCUT2D eigenvalue weighted by atomic mass is 10.1. The molecule has 0 saturated carbocycles. The third kappa shape index (κ3) is 6.51. The normalized spacial score (nSPS) is 11.9. The molecule has 0 fully saturated rings. The molecule has 6 nitrogen and oxygen atoms in total. The number of sulfonamides is 1. The lowest BCUT2D eigenvalue weighted by molar-refractivity contribution is 0.0946. The molecule has 0 aliphatic heterocycles. The van der Waals surface area contributed by atoms with Crippen molar-refractivity contribution in [3.05, 3.63) is 58.6 Å². The molecule has 2 rings (SSSR count). The Bertz CT molecular complexity index is 953.